The quantitative estimate of drug-likeness (QED) is 0.593. The van der Waals surface area contributed by atoms with Gasteiger partial charge in [-0.05, 0) is 75.3 Å². The van der Waals surface area contributed by atoms with Gasteiger partial charge in [0.1, 0.15) is 6.04 Å². The van der Waals surface area contributed by atoms with Crippen molar-refractivity contribution in [3.05, 3.63) is 35.4 Å². The van der Waals surface area contributed by atoms with Crippen LogP contribution in [0.15, 0.2) is 24.3 Å². The SMILES string of the molecule is CN[C@@H](C)[C@H](C)N[C@H]1CCSC2CC(C)(C)[C@@H](C(=O)N[C@@H]3CCCc4ccccc43)N2C1=O. The van der Waals surface area contributed by atoms with Gasteiger partial charge in [-0.2, -0.15) is 0 Å². The Hall–Kier alpha value is -1.57. The predicted octanol–water partition coefficient (Wildman–Crippen LogP) is 3.22. The Kier molecular flexibility index (Phi) is 7.41. The number of likely N-dealkylation sites (N-methyl/N-ethyl adjacent to an activating group) is 1. The fourth-order valence-electron chi connectivity index (χ4n) is 5.74. The number of aryl methyl sites for hydroxylation is 1. The van der Waals surface area contributed by atoms with Gasteiger partial charge in [0.05, 0.1) is 17.5 Å². The van der Waals surface area contributed by atoms with Gasteiger partial charge in [-0.15, -0.1) is 11.8 Å². The molecule has 0 radical (unpaired) electrons. The first kappa shape index (κ1) is 24.6. The van der Waals surface area contributed by atoms with E-state index in [9.17, 15) is 9.59 Å². The molecule has 3 aliphatic rings. The van der Waals surface area contributed by atoms with Crippen LogP contribution in [-0.4, -0.2) is 59.1 Å². The van der Waals surface area contributed by atoms with E-state index in [1.807, 2.05) is 23.7 Å². The van der Waals surface area contributed by atoms with E-state index < -0.39 is 6.04 Å². The van der Waals surface area contributed by atoms with Crippen LogP contribution in [0.4, 0.5) is 0 Å². The first-order chi connectivity index (χ1) is 15.7. The Balaban J connectivity index is 1.55. The number of hydrogen-bond acceptors (Lipinski definition) is 5. The summed E-state index contributed by atoms with van der Waals surface area (Å²) in [6.45, 7) is 8.52. The van der Waals surface area contributed by atoms with Gasteiger partial charge >= 0.3 is 0 Å². The van der Waals surface area contributed by atoms with Crippen molar-refractivity contribution >= 4 is 23.6 Å². The van der Waals surface area contributed by atoms with Crippen molar-refractivity contribution in [1.82, 2.24) is 20.9 Å². The predicted molar refractivity (Wildman–Crippen MR) is 135 cm³/mol. The number of rotatable bonds is 6. The number of nitrogens with one attached hydrogen (secondary N) is 3. The van der Waals surface area contributed by atoms with Crippen molar-refractivity contribution in [2.24, 2.45) is 5.41 Å². The van der Waals surface area contributed by atoms with E-state index in [0.717, 1.165) is 37.9 Å². The monoisotopic (exact) mass is 472 g/mol. The maximum absolute atomic E-state index is 13.8. The third-order valence-electron chi connectivity index (χ3n) is 7.90. The summed E-state index contributed by atoms with van der Waals surface area (Å²) < 4.78 is 0. The molecule has 2 fully saturated rings. The molecule has 6 nitrogen and oxygen atoms in total. The molecular weight excluding hydrogens is 432 g/mol. The van der Waals surface area contributed by atoms with Crippen LogP contribution in [0, 0.1) is 5.41 Å². The molecule has 2 saturated heterocycles. The van der Waals surface area contributed by atoms with E-state index in [-0.39, 0.29) is 46.8 Å². The normalized spacial score (nSPS) is 30.7. The molecule has 33 heavy (non-hydrogen) atoms. The Morgan fingerprint density at radius 1 is 1.15 bits per heavy atom. The second kappa shape index (κ2) is 9.96. The van der Waals surface area contributed by atoms with E-state index in [0.29, 0.717) is 0 Å². The molecule has 1 unspecified atom stereocenters. The van der Waals surface area contributed by atoms with Gasteiger partial charge in [0.2, 0.25) is 11.8 Å². The average Bonchev–Trinajstić information content (AvgIpc) is 2.99. The van der Waals surface area contributed by atoms with Crippen LogP contribution < -0.4 is 16.0 Å². The van der Waals surface area contributed by atoms with Crippen molar-refractivity contribution in [3.63, 3.8) is 0 Å². The van der Waals surface area contributed by atoms with E-state index in [1.165, 1.54) is 11.1 Å². The largest absolute Gasteiger partial charge is 0.347 e. The Bertz CT molecular complexity index is 876. The van der Waals surface area contributed by atoms with Crippen molar-refractivity contribution in [2.75, 3.05) is 12.8 Å². The molecule has 1 aliphatic carbocycles. The molecule has 1 aromatic carbocycles. The number of carbonyl (C=O) groups excluding carboxylic acids is 2. The summed E-state index contributed by atoms with van der Waals surface area (Å²) in [6, 6.07) is 8.17. The van der Waals surface area contributed by atoms with Crippen molar-refractivity contribution in [3.8, 4) is 0 Å². The zero-order chi connectivity index (χ0) is 23.8. The Morgan fingerprint density at radius 3 is 2.67 bits per heavy atom. The summed E-state index contributed by atoms with van der Waals surface area (Å²) in [5, 5.41) is 10.2. The van der Waals surface area contributed by atoms with Gasteiger partial charge in [-0.1, -0.05) is 38.1 Å². The van der Waals surface area contributed by atoms with Crippen LogP contribution in [0.2, 0.25) is 0 Å². The maximum Gasteiger partial charge on any atom is 0.243 e. The number of amides is 2. The van der Waals surface area contributed by atoms with Crippen molar-refractivity contribution < 1.29 is 9.59 Å². The van der Waals surface area contributed by atoms with Crippen LogP contribution in [0.1, 0.15) is 70.5 Å². The smallest absolute Gasteiger partial charge is 0.243 e. The highest BCUT2D eigenvalue weighted by molar-refractivity contribution is 7.99. The first-order valence-electron chi connectivity index (χ1n) is 12.5. The van der Waals surface area contributed by atoms with Gasteiger partial charge in [0.15, 0.2) is 0 Å². The molecule has 0 bridgehead atoms. The van der Waals surface area contributed by atoms with Gasteiger partial charge in [0, 0.05) is 12.1 Å². The lowest BCUT2D eigenvalue weighted by molar-refractivity contribution is -0.143. The topological polar surface area (TPSA) is 73.5 Å². The van der Waals surface area contributed by atoms with Gasteiger partial charge in [0.25, 0.3) is 0 Å². The lowest BCUT2D eigenvalue weighted by Gasteiger charge is -2.36. The summed E-state index contributed by atoms with van der Waals surface area (Å²) in [5.41, 5.74) is 2.29. The van der Waals surface area contributed by atoms with Crippen molar-refractivity contribution in [2.45, 2.75) is 95.4 Å². The standard InChI is InChI=1S/C26H40N4O2S/c1-16(27-5)17(2)28-21-13-14-33-22-15-26(3,4)23(30(22)25(21)32)24(31)29-20-12-8-10-18-9-6-7-11-19(18)20/h6-7,9,11,16-17,20-23,27-28H,8,10,12-15H2,1-5H3,(H,29,31)/t16-,17-,20+,21-,22?,23+/m0/s1. The third-order valence-corrected chi connectivity index (χ3v) is 9.15. The summed E-state index contributed by atoms with van der Waals surface area (Å²) >= 11 is 1.83. The lowest BCUT2D eigenvalue weighted by atomic mass is 9.83. The molecule has 2 amide bonds. The number of fused-ring (bicyclic) bond motifs is 2. The van der Waals surface area contributed by atoms with E-state index in [4.69, 9.17) is 0 Å². The molecule has 7 heteroatoms. The zero-order valence-corrected chi connectivity index (χ0v) is 21.5. The fraction of sp³-hybridized carbons (Fsp3) is 0.692. The van der Waals surface area contributed by atoms with Crippen LogP contribution >= 0.6 is 11.8 Å². The molecule has 0 aromatic heterocycles. The molecule has 4 rings (SSSR count). The number of nitrogens with zero attached hydrogens (tertiary/aromatic N) is 1. The molecular formula is C26H40N4O2S. The second-order valence-electron chi connectivity index (χ2n) is 10.7. The van der Waals surface area contributed by atoms with Crippen LogP contribution in [0.3, 0.4) is 0 Å². The van der Waals surface area contributed by atoms with Crippen molar-refractivity contribution in [1.29, 1.82) is 0 Å². The fourth-order valence-corrected chi connectivity index (χ4v) is 7.32. The molecule has 6 atom stereocenters. The molecule has 1 aromatic rings. The molecule has 2 heterocycles. The lowest BCUT2D eigenvalue weighted by Crippen LogP contribution is -2.58. The van der Waals surface area contributed by atoms with E-state index in [1.54, 1.807) is 0 Å². The third kappa shape index (κ3) is 4.96. The van der Waals surface area contributed by atoms with Crippen LogP contribution in [0.5, 0.6) is 0 Å². The van der Waals surface area contributed by atoms with Crippen LogP contribution in [0.25, 0.3) is 0 Å². The molecule has 0 spiro atoms. The summed E-state index contributed by atoms with van der Waals surface area (Å²) in [7, 11) is 1.94. The first-order valence-corrected chi connectivity index (χ1v) is 13.5. The molecule has 0 saturated carbocycles. The van der Waals surface area contributed by atoms with Gasteiger partial charge in [-0.25, -0.2) is 0 Å². The molecule has 182 valence electrons. The number of thioether (sulfide) groups is 1. The Labute approximate surface area is 203 Å². The molecule has 2 aliphatic heterocycles. The zero-order valence-electron chi connectivity index (χ0n) is 20.7. The highest BCUT2D eigenvalue weighted by Gasteiger charge is 2.54. The van der Waals surface area contributed by atoms with E-state index >= 15 is 0 Å². The minimum Gasteiger partial charge on any atom is -0.347 e. The summed E-state index contributed by atoms with van der Waals surface area (Å²) in [4.78, 5) is 29.5. The maximum atomic E-state index is 13.8. The second-order valence-corrected chi connectivity index (χ2v) is 12.0. The highest BCUT2D eigenvalue weighted by atomic mass is 32.2. The minimum atomic E-state index is -0.448. The highest BCUT2D eigenvalue weighted by Crippen LogP contribution is 2.46. The summed E-state index contributed by atoms with van der Waals surface area (Å²) in [5.74, 6) is 0.997. The summed E-state index contributed by atoms with van der Waals surface area (Å²) in [6.07, 6.45) is 4.73. The molecule has 3 N–H and O–H groups in total. The number of carbonyl (C=O) groups is 2. The minimum absolute atomic E-state index is 0.00422. The van der Waals surface area contributed by atoms with E-state index in [2.05, 4.69) is 67.9 Å². The average molecular weight is 473 g/mol. The number of benzene rings is 1. The van der Waals surface area contributed by atoms with Gasteiger partial charge in [-0.3, -0.25) is 9.59 Å². The van der Waals surface area contributed by atoms with Gasteiger partial charge < -0.3 is 20.9 Å². The van der Waals surface area contributed by atoms with Crippen LogP contribution in [-0.2, 0) is 16.0 Å². The number of hydrogen-bond donors (Lipinski definition) is 3. The Morgan fingerprint density at radius 2 is 1.91 bits per heavy atom.